The average molecular weight is 436 g/mol. The Bertz CT molecular complexity index is 1530. The van der Waals surface area contributed by atoms with E-state index < -0.39 is 6.85 Å². The van der Waals surface area contributed by atoms with E-state index in [4.69, 9.17) is 8.53 Å². The monoisotopic (exact) mass is 435 g/mol. The lowest BCUT2D eigenvalue weighted by Gasteiger charge is -2.22. The molecule has 1 fully saturated rings. The Labute approximate surface area is 198 Å². The zero-order valence-electron chi connectivity index (χ0n) is 21.6. The molecular weight excluding hydrogens is 404 g/mol. The molecule has 3 aromatic heterocycles. The van der Waals surface area contributed by atoms with E-state index in [1.165, 1.54) is 48.8 Å². The number of fused-ring (bicyclic) bond motifs is 3. The molecule has 0 bridgehead atoms. The zero-order valence-corrected chi connectivity index (χ0v) is 18.6. The third kappa shape index (κ3) is 3.93. The molecule has 0 aliphatic heterocycles. The third-order valence-electron chi connectivity index (χ3n) is 6.93. The molecule has 0 unspecified atom stereocenters. The lowest BCUT2D eigenvalue weighted by Crippen LogP contribution is -2.04. The van der Waals surface area contributed by atoms with Gasteiger partial charge < -0.3 is 4.42 Å². The van der Waals surface area contributed by atoms with E-state index in [9.17, 15) is 0 Å². The lowest BCUT2D eigenvalue weighted by atomic mass is 9.84. The Kier molecular flexibility index (Phi) is 4.38. The molecule has 2 aromatic carbocycles. The molecule has 3 heterocycles. The van der Waals surface area contributed by atoms with Crippen LogP contribution in [0.4, 0.5) is 0 Å². The van der Waals surface area contributed by atoms with Crippen molar-refractivity contribution < 1.29 is 8.53 Å². The summed E-state index contributed by atoms with van der Waals surface area (Å²) in [5.74, 6) is 0.718. The number of rotatable bonds is 4. The first-order chi connectivity index (χ1) is 17.5. The fraction of sp³-hybridized carbons (Fsp3) is 0.267. The largest absolute Gasteiger partial charge is 0.437 e. The highest BCUT2D eigenvalue weighted by Gasteiger charge is 2.16. The highest BCUT2D eigenvalue weighted by Crippen LogP contribution is 2.35. The smallest absolute Gasteiger partial charge is 0.227 e. The van der Waals surface area contributed by atoms with Gasteiger partial charge in [0.15, 0.2) is 0 Å². The Hall–Kier alpha value is -3.46. The topological polar surface area (TPSA) is 38.9 Å². The van der Waals surface area contributed by atoms with E-state index in [1.807, 2.05) is 24.4 Å². The van der Waals surface area contributed by atoms with Crippen LogP contribution >= 0.6 is 0 Å². The first-order valence-corrected chi connectivity index (χ1v) is 11.8. The van der Waals surface area contributed by atoms with Crippen LogP contribution in [0.1, 0.15) is 64.5 Å². The molecule has 3 heteroatoms. The summed E-state index contributed by atoms with van der Waals surface area (Å²) < 4.78 is 29.1. The van der Waals surface area contributed by atoms with Gasteiger partial charge >= 0.3 is 0 Å². The molecule has 164 valence electrons. The van der Waals surface area contributed by atoms with Crippen molar-refractivity contribution in [2.45, 2.75) is 51.3 Å². The zero-order chi connectivity index (χ0) is 24.7. The predicted octanol–water partition coefficient (Wildman–Crippen LogP) is 7.99. The van der Waals surface area contributed by atoms with E-state index >= 15 is 0 Å². The molecule has 0 N–H and O–H groups in total. The maximum absolute atomic E-state index is 7.66. The van der Waals surface area contributed by atoms with Crippen molar-refractivity contribution in [2.24, 2.45) is 0 Å². The van der Waals surface area contributed by atoms with Crippen molar-refractivity contribution in [2.75, 3.05) is 0 Å². The molecule has 5 aromatic rings. The molecular formula is C30H28N2O. The number of aromatic nitrogens is 2. The van der Waals surface area contributed by atoms with E-state index in [0.717, 1.165) is 34.4 Å². The third-order valence-corrected chi connectivity index (χ3v) is 6.93. The van der Waals surface area contributed by atoms with Crippen molar-refractivity contribution in [3.05, 3.63) is 95.3 Å². The van der Waals surface area contributed by atoms with Gasteiger partial charge in [0.25, 0.3) is 0 Å². The second-order valence-electron chi connectivity index (χ2n) is 9.14. The number of benzene rings is 2. The second-order valence-corrected chi connectivity index (χ2v) is 9.14. The summed E-state index contributed by atoms with van der Waals surface area (Å²) in [5.41, 5.74) is 6.68. The summed E-state index contributed by atoms with van der Waals surface area (Å²) >= 11 is 0. The van der Waals surface area contributed by atoms with Crippen LogP contribution < -0.4 is 0 Å². The van der Waals surface area contributed by atoms with Gasteiger partial charge in [-0.15, -0.1) is 0 Å². The number of hydrogen-bond acceptors (Lipinski definition) is 3. The van der Waals surface area contributed by atoms with E-state index in [-0.39, 0.29) is 5.69 Å². The summed E-state index contributed by atoms with van der Waals surface area (Å²) in [5, 5.41) is 1.70. The normalized spacial score (nSPS) is 16.5. The molecule has 33 heavy (non-hydrogen) atoms. The number of para-hydroxylation sites is 1. The summed E-state index contributed by atoms with van der Waals surface area (Å²) in [7, 11) is 0. The highest BCUT2D eigenvalue weighted by atomic mass is 16.3. The molecule has 1 saturated carbocycles. The van der Waals surface area contributed by atoms with Gasteiger partial charge in [0.1, 0.15) is 5.58 Å². The van der Waals surface area contributed by atoms with Crippen molar-refractivity contribution in [3.63, 3.8) is 0 Å². The summed E-state index contributed by atoms with van der Waals surface area (Å²) in [6, 6.07) is 22.6. The van der Waals surface area contributed by atoms with Crippen LogP contribution in [-0.2, 0) is 6.42 Å². The van der Waals surface area contributed by atoms with Gasteiger partial charge in [-0.1, -0.05) is 55.7 Å². The molecule has 1 aliphatic carbocycles. The standard InChI is InChI=1S/C30H28N2O/c1-20-10-15-26-25-8-5-9-27(29(25)33-30(26)32-20)28-19-22(16-17-31-28)18-21-11-13-24(14-12-21)23-6-3-2-4-7-23/h5,8-17,19,23H,2-4,6-7,18H2,1H3/i1D3. The summed E-state index contributed by atoms with van der Waals surface area (Å²) in [4.78, 5) is 8.92. The maximum atomic E-state index is 7.66. The molecule has 0 radical (unpaired) electrons. The van der Waals surface area contributed by atoms with Crippen LogP contribution in [0.3, 0.4) is 0 Å². The Morgan fingerprint density at radius 2 is 1.79 bits per heavy atom. The molecule has 3 nitrogen and oxygen atoms in total. The van der Waals surface area contributed by atoms with Gasteiger partial charge in [0, 0.05) is 32.3 Å². The molecule has 0 spiro atoms. The predicted molar refractivity (Wildman–Crippen MR) is 135 cm³/mol. The van der Waals surface area contributed by atoms with Crippen LogP contribution in [0.25, 0.3) is 33.3 Å². The van der Waals surface area contributed by atoms with Crippen LogP contribution in [0, 0.1) is 6.85 Å². The molecule has 1 aliphatic rings. The van der Waals surface area contributed by atoms with Gasteiger partial charge in [0.05, 0.1) is 5.69 Å². The second kappa shape index (κ2) is 8.47. The number of furan rings is 1. The minimum absolute atomic E-state index is 0.0326. The fourth-order valence-corrected chi connectivity index (χ4v) is 5.19. The first-order valence-electron chi connectivity index (χ1n) is 13.3. The number of nitrogens with zero attached hydrogens (tertiary/aromatic N) is 2. The van der Waals surface area contributed by atoms with E-state index in [2.05, 4.69) is 46.4 Å². The number of aryl methyl sites for hydroxylation is 1. The summed E-state index contributed by atoms with van der Waals surface area (Å²) in [6.07, 6.45) is 9.37. The van der Waals surface area contributed by atoms with Crippen LogP contribution in [0.15, 0.2) is 77.3 Å². The van der Waals surface area contributed by atoms with Gasteiger partial charge in [-0.25, -0.2) is 4.98 Å². The maximum Gasteiger partial charge on any atom is 0.227 e. The Balaban J connectivity index is 1.31. The quantitative estimate of drug-likeness (QED) is 0.287. The Morgan fingerprint density at radius 1 is 0.909 bits per heavy atom. The minimum Gasteiger partial charge on any atom is -0.437 e. The van der Waals surface area contributed by atoms with Crippen molar-refractivity contribution >= 4 is 22.1 Å². The minimum atomic E-state index is -2.28. The van der Waals surface area contributed by atoms with Crippen LogP contribution in [0.5, 0.6) is 0 Å². The van der Waals surface area contributed by atoms with Crippen LogP contribution in [0.2, 0.25) is 0 Å². The van der Waals surface area contributed by atoms with Gasteiger partial charge in [-0.2, -0.15) is 0 Å². The Morgan fingerprint density at radius 3 is 2.64 bits per heavy atom. The van der Waals surface area contributed by atoms with E-state index in [0.29, 0.717) is 11.3 Å². The fourth-order valence-electron chi connectivity index (χ4n) is 5.19. The SMILES string of the molecule is [2H]C([2H])([2H])c1ccc2c(n1)oc1c(-c3cc(Cc4ccc(C5CCCCC5)cc4)ccn3)cccc12. The van der Waals surface area contributed by atoms with E-state index in [1.54, 1.807) is 12.1 Å². The molecule has 0 amide bonds. The van der Waals surface area contributed by atoms with Gasteiger partial charge in [0.2, 0.25) is 5.71 Å². The average Bonchev–Trinajstić information content (AvgIpc) is 3.27. The van der Waals surface area contributed by atoms with Crippen molar-refractivity contribution in [1.82, 2.24) is 9.97 Å². The number of hydrogen-bond donors (Lipinski definition) is 0. The van der Waals surface area contributed by atoms with Crippen molar-refractivity contribution in [1.29, 1.82) is 0 Å². The first kappa shape index (κ1) is 17.1. The van der Waals surface area contributed by atoms with Gasteiger partial charge in [-0.3, -0.25) is 4.98 Å². The highest BCUT2D eigenvalue weighted by molar-refractivity contribution is 6.08. The molecule has 0 saturated heterocycles. The molecule has 6 rings (SSSR count). The lowest BCUT2D eigenvalue weighted by molar-refractivity contribution is 0.443. The van der Waals surface area contributed by atoms with Crippen molar-refractivity contribution in [3.8, 4) is 11.3 Å². The van der Waals surface area contributed by atoms with Crippen LogP contribution in [-0.4, -0.2) is 9.97 Å². The van der Waals surface area contributed by atoms with Gasteiger partial charge in [-0.05, 0) is 79.1 Å². The number of pyridine rings is 2. The summed E-state index contributed by atoms with van der Waals surface area (Å²) in [6.45, 7) is -2.28. The molecule has 0 atom stereocenters.